The van der Waals surface area contributed by atoms with E-state index in [2.05, 4.69) is 11.4 Å². The molecule has 0 atom stereocenters. The summed E-state index contributed by atoms with van der Waals surface area (Å²) in [6.07, 6.45) is 1.63. The molecule has 5 nitrogen and oxygen atoms in total. The van der Waals surface area contributed by atoms with Crippen LogP contribution < -0.4 is 14.8 Å². The third-order valence-corrected chi connectivity index (χ3v) is 5.85. The second-order valence-corrected chi connectivity index (χ2v) is 7.91. The Morgan fingerprint density at radius 1 is 1.04 bits per heavy atom. The minimum atomic E-state index is -0.212. The lowest BCUT2D eigenvalue weighted by molar-refractivity contribution is 0.0487. The first kappa shape index (κ1) is 19.4. The normalized spacial score (nSPS) is 17.8. The summed E-state index contributed by atoms with van der Waals surface area (Å²) in [5, 5.41) is 4.13. The van der Waals surface area contributed by atoms with E-state index in [1.54, 1.807) is 12.1 Å². The second kappa shape index (κ2) is 8.19. The van der Waals surface area contributed by atoms with Gasteiger partial charge in [-0.3, -0.25) is 4.79 Å². The molecule has 0 spiro atoms. The molecular weight excluding hydrogens is 401 g/mol. The van der Waals surface area contributed by atoms with Gasteiger partial charge in [0.2, 0.25) is 0 Å². The molecule has 2 aromatic rings. The molecule has 1 amide bonds. The van der Waals surface area contributed by atoms with Crippen molar-refractivity contribution in [2.45, 2.75) is 18.3 Å². The molecule has 0 aromatic heterocycles. The Labute approximate surface area is 173 Å². The van der Waals surface area contributed by atoms with Crippen LogP contribution in [0.3, 0.4) is 0 Å². The van der Waals surface area contributed by atoms with Crippen molar-refractivity contribution in [1.82, 2.24) is 5.32 Å². The van der Waals surface area contributed by atoms with Gasteiger partial charge in [0.25, 0.3) is 5.91 Å². The van der Waals surface area contributed by atoms with E-state index in [0.29, 0.717) is 60.1 Å². The van der Waals surface area contributed by atoms with Crippen LogP contribution in [0.4, 0.5) is 0 Å². The summed E-state index contributed by atoms with van der Waals surface area (Å²) in [5.41, 5.74) is 1.35. The van der Waals surface area contributed by atoms with E-state index < -0.39 is 0 Å². The van der Waals surface area contributed by atoms with E-state index in [-0.39, 0.29) is 11.3 Å². The van der Waals surface area contributed by atoms with Crippen LogP contribution >= 0.6 is 23.2 Å². The van der Waals surface area contributed by atoms with Crippen LogP contribution in [0.1, 0.15) is 28.8 Å². The van der Waals surface area contributed by atoms with Crippen LogP contribution in [0.2, 0.25) is 10.0 Å². The summed E-state index contributed by atoms with van der Waals surface area (Å²) in [4.78, 5) is 12.8. The SMILES string of the molecule is O=C(NCC1(c2cccc(Cl)c2)CCOCC1)c1cc(Cl)c2c(c1)OCCO2. The molecule has 2 aromatic carbocycles. The number of hydrogen-bond donors (Lipinski definition) is 1. The molecule has 148 valence electrons. The number of nitrogens with one attached hydrogen (secondary N) is 1. The van der Waals surface area contributed by atoms with Gasteiger partial charge in [-0.2, -0.15) is 0 Å². The van der Waals surface area contributed by atoms with Crippen molar-refractivity contribution < 1.29 is 19.0 Å². The number of carbonyl (C=O) groups excluding carboxylic acids is 1. The molecule has 4 rings (SSSR count). The van der Waals surface area contributed by atoms with Crippen molar-refractivity contribution >= 4 is 29.1 Å². The van der Waals surface area contributed by atoms with Crippen LogP contribution in [0.5, 0.6) is 11.5 Å². The predicted octanol–water partition coefficient (Wildman–Crippen LogP) is 4.24. The summed E-state index contributed by atoms with van der Waals surface area (Å²) >= 11 is 12.5. The molecule has 1 saturated heterocycles. The number of benzene rings is 2. The monoisotopic (exact) mass is 421 g/mol. The maximum absolute atomic E-state index is 12.8. The molecule has 28 heavy (non-hydrogen) atoms. The summed E-state index contributed by atoms with van der Waals surface area (Å²) in [5.74, 6) is 0.788. The largest absolute Gasteiger partial charge is 0.486 e. The zero-order valence-electron chi connectivity index (χ0n) is 15.3. The quantitative estimate of drug-likeness (QED) is 0.801. The molecule has 0 unspecified atom stereocenters. The van der Waals surface area contributed by atoms with Crippen molar-refractivity contribution in [2.24, 2.45) is 0 Å². The fourth-order valence-electron chi connectivity index (χ4n) is 3.74. The Hall–Kier alpha value is -1.95. The van der Waals surface area contributed by atoms with Crippen LogP contribution in [0.25, 0.3) is 0 Å². The third kappa shape index (κ3) is 3.93. The van der Waals surface area contributed by atoms with Crippen molar-refractivity contribution in [3.05, 3.63) is 57.6 Å². The predicted molar refractivity (Wildman–Crippen MR) is 108 cm³/mol. The first-order chi connectivity index (χ1) is 13.6. The molecule has 2 aliphatic heterocycles. The molecule has 2 heterocycles. The van der Waals surface area contributed by atoms with Crippen molar-refractivity contribution in [3.8, 4) is 11.5 Å². The van der Waals surface area contributed by atoms with Gasteiger partial charge in [-0.1, -0.05) is 35.3 Å². The topological polar surface area (TPSA) is 56.8 Å². The maximum atomic E-state index is 12.8. The number of fused-ring (bicyclic) bond motifs is 1. The lowest BCUT2D eigenvalue weighted by atomic mass is 9.74. The number of ether oxygens (including phenoxy) is 3. The van der Waals surface area contributed by atoms with E-state index in [4.69, 9.17) is 37.4 Å². The van der Waals surface area contributed by atoms with Gasteiger partial charge in [-0.25, -0.2) is 0 Å². The third-order valence-electron chi connectivity index (χ3n) is 5.33. The summed E-state index contributed by atoms with van der Waals surface area (Å²) < 4.78 is 16.6. The Kier molecular flexibility index (Phi) is 5.67. The van der Waals surface area contributed by atoms with Crippen LogP contribution in [-0.4, -0.2) is 38.9 Å². The van der Waals surface area contributed by atoms with Crippen molar-refractivity contribution in [3.63, 3.8) is 0 Å². The highest BCUT2D eigenvalue weighted by molar-refractivity contribution is 6.32. The number of amides is 1. The molecule has 0 aliphatic carbocycles. The van der Waals surface area contributed by atoms with Gasteiger partial charge in [0, 0.05) is 35.8 Å². The average Bonchev–Trinajstić information content (AvgIpc) is 2.73. The molecule has 1 fully saturated rings. The van der Waals surface area contributed by atoms with Crippen molar-refractivity contribution in [2.75, 3.05) is 33.0 Å². The highest BCUT2D eigenvalue weighted by Gasteiger charge is 2.35. The average molecular weight is 422 g/mol. The second-order valence-electron chi connectivity index (χ2n) is 7.07. The van der Waals surface area contributed by atoms with Crippen molar-refractivity contribution in [1.29, 1.82) is 0 Å². The van der Waals surface area contributed by atoms with Gasteiger partial charge in [-0.05, 0) is 42.7 Å². The minimum Gasteiger partial charge on any atom is -0.486 e. The molecule has 7 heteroatoms. The Morgan fingerprint density at radius 2 is 1.82 bits per heavy atom. The Balaban J connectivity index is 1.54. The van der Waals surface area contributed by atoms with Crippen LogP contribution in [-0.2, 0) is 10.2 Å². The van der Waals surface area contributed by atoms with Gasteiger partial charge < -0.3 is 19.5 Å². The smallest absolute Gasteiger partial charge is 0.251 e. The molecule has 1 N–H and O–H groups in total. The van der Waals surface area contributed by atoms with Gasteiger partial charge in [0.1, 0.15) is 13.2 Å². The number of carbonyl (C=O) groups is 1. The summed E-state index contributed by atoms with van der Waals surface area (Å²) in [6.45, 7) is 2.67. The van der Waals surface area contributed by atoms with E-state index in [0.717, 1.165) is 18.4 Å². The Morgan fingerprint density at radius 3 is 2.61 bits per heavy atom. The van der Waals surface area contributed by atoms with E-state index in [9.17, 15) is 4.79 Å². The zero-order valence-corrected chi connectivity index (χ0v) is 16.8. The van der Waals surface area contributed by atoms with E-state index in [1.807, 2.05) is 18.2 Å². The zero-order chi connectivity index (χ0) is 19.6. The van der Waals surface area contributed by atoms with Crippen LogP contribution in [0, 0.1) is 0 Å². The highest BCUT2D eigenvalue weighted by Crippen LogP contribution is 2.39. The fraction of sp³-hybridized carbons (Fsp3) is 0.381. The highest BCUT2D eigenvalue weighted by atomic mass is 35.5. The molecular formula is C21H21Cl2NO4. The van der Waals surface area contributed by atoms with E-state index >= 15 is 0 Å². The van der Waals surface area contributed by atoms with Gasteiger partial charge in [0.15, 0.2) is 11.5 Å². The molecule has 0 radical (unpaired) electrons. The minimum absolute atomic E-state index is 0.202. The first-order valence-corrected chi connectivity index (χ1v) is 10.0. The first-order valence-electron chi connectivity index (χ1n) is 9.29. The molecule has 0 saturated carbocycles. The van der Waals surface area contributed by atoms with Crippen LogP contribution in [0.15, 0.2) is 36.4 Å². The Bertz CT molecular complexity index is 881. The lowest BCUT2D eigenvalue weighted by Crippen LogP contribution is -2.44. The van der Waals surface area contributed by atoms with E-state index in [1.165, 1.54) is 0 Å². The number of halogens is 2. The van der Waals surface area contributed by atoms with Gasteiger partial charge >= 0.3 is 0 Å². The van der Waals surface area contributed by atoms with Gasteiger partial charge in [0.05, 0.1) is 5.02 Å². The number of rotatable bonds is 4. The summed E-state index contributed by atoms with van der Waals surface area (Å²) in [6, 6.07) is 11.1. The van der Waals surface area contributed by atoms with Gasteiger partial charge in [-0.15, -0.1) is 0 Å². The lowest BCUT2D eigenvalue weighted by Gasteiger charge is -2.38. The standard InChI is InChI=1S/C21H21Cl2NO4/c22-16-3-1-2-15(12-16)21(4-6-26-7-5-21)13-24-20(25)14-10-17(23)19-18(11-14)27-8-9-28-19/h1-3,10-12H,4-9,13H2,(H,24,25). The number of hydrogen-bond acceptors (Lipinski definition) is 4. The summed E-state index contributed by atoms with van der Waals surface area (Å²) in [7, 11) is 0. The molecule has 0 bridgehead atoms. The maximum Gasteiger partial charge on any atom is 0.251 e. The fourth-order valence-corrected chi connectivity index (χ4v) is 4.20. The molecule has 2 aliphatic rings.